The highest BCUT2D eigenvalue weighted by Crippen LogP contribution is 2.30. The van der Waals surface area contributed by atoms with Crippen molar-refractivity contribution in [2.75, 3.05) is 20.3 Å². The van der Waals surface area contributed by atoms with Crippen LogP contribution in [0.3, 0.4) is 0 Å². The van der Waals surface area contributed by atoms with Gasteiger partial charge in [-0.15, -0.1) is 0 Å². The van der Waals surface area contributed by atoms with Crippen molar-refractivity contribution >= 4 is 11.3 Å². The first-order valence-electron chi connectivity index (χ1n) is 7.41. The number of hydrogen-bond donors (Lipinski definition) is 0. The fourth-order valence-electron chi connectivity index (χ4n) is 2.50. The van der Waals surface area contributed by atoms with Crippen molar-refractivity contribution in [2.45, 2.75) is 13.2 Å². The number of rotatable bonds is 3. The van der Waals surface area contributed by atoms with Crippen LogP contribution in [0.1, 0.15) is 12.5 Å². The molecule has 1 aliphatic heterocycles. The van der Waals surface area contributed by atoms with Crippen molar-refractivity contribution in [1.29, 1.82) is 5.26 Å². The van der Waals surface area contributed by atoms with Crippen LogP contribution in [0.5, 0.6) is 0 Å². The van der Waals surface area contributed by atoms with Gasteiger partial charge >= 0.3 is 0 Å². The predicted molar refractivity (Wildman–Crippen MR) is 88.5 cm³/mol. The highest BCUT2D eigenvalue weighted by atomic mass is 16.7. The quantitative estimate of drug-likeness (QED) is 0.804. The fraction of sp³-hybridized carbons (Fsp3) is 0.333. The Labute approximate surface area is 136 Å². The standard InChI is InChI=1S/C16H17NO3.C2H3N/c1-18-17-15-13(12-6-3-2-4-7-12)8-5-9-14(15)16-19-10-11-20-16;1-2-3/h2-9,14,16H,10-11H2,1H3;1H3. The third-order valence-corrected chi connectivity index (χ3v) is 3.39. The molecule has 1 aromatic rings. The molecular formula is C18H20N2O3. The molecule has 0 aromatic heterocycles. The van der Waals surface area contributed by atoms with E-state index < -0.39 is 0 Å². The minimum absolute atomic E-state index is 0.0438. The second-order valence-electron chi connectivity index (χ2n) is 4.85. The van der Waals surface area contributed by atoms with Crippen LogP contribution in [-0.4, -0.2) is 32.3 Å². The molecule has 1 aromatic carbocycles. The monoisotopic (exact) mass is 312 g/mol. The molecule has 0 radical (unpaired) electrons. The zero-order chi connectivity index (χ0) is 16.5. The predicted octanol–water partition coefficient (Wildman–Crippen LogP) is 3.16. The molecule has 5 nitrogen and oxygen atoms in total. The number of nitrogens with zero attached hydrogens (tertiary/aromatic N) is 2. The Kier molecular flexibility index (Phi) is 6.55. The first kappa shape index (κ1) is 16.9. The van der Waals surface area contributed by atoms with E-state index >= 15 is 0 Å². The lowest BCUT2D eigenvalue weighted by molar-refractivity contribution is -0.0546. The Morgan fingerprint density at radius 1 is 1.22 bits per heavy atom. The Hall–Kier alpha value is -2.42. The molecule has 3 rings (SSSR count). The van der Waals surface area contributed by atoms with Gasteiger partial charge in [0.25, 0.3) is 0 Å². The van der Waals surface area contributed by atoms with Crippen molar-refractivity contribution in [3.63, 3.8) is 0 Å². The molecule has 0 bridgehead atoms. The maximum atomic E-state index is 7.32. The van der Waals surface area contributed by atoms with E-state index in [-0.39, 0.29) is 12.2 Å². The first-order valence-corrected chi connectivity index (χ1v) is 7.41. The van der Waals surface area contributed by atoms with E-state index in [1.165, 1.54) is 6.92 Å². The van der Waals surface area contributed by atoms with Crippen LogP contribution in [0.4, 0.5) is 0 Å². The van der Waals surface area contributed by atoms with Gasteiger partial charge in [0.05, 0.1) is 30.9 Å². The number of allylic oxidation sites excluding steroid dienone is 3. The summed E-state index contributed by atoms with van der Waals surface area (Å²) in [5, 5.41) is 11.5. The highest BCUT2D eigenvalue weighted by Gasteiger charge is 2.33. The lowest BCUT2D eigenvalue weighted by atomic mass is 9.87. The van der Waals surface area contributed by atoms with Gasteiger partial charge in [0.1, 0.15) is 7.11 Å². The third kappa shape index (κ3) is 4.28. The van der Waals surface area contributed by atoms with Crippen molar-refractivity contribution < 1.29 is 14.3 Å². The van der Waals surface area contributed by atoms with Crippen molar-refractivity contribution in [2.24, 2.45) is 11.1 Å². The average molecular weight is 312 g/mol. The molecule has 1 atom stereocenters. The minimum atomic E-state index is -0.285. The summed E-state index contributed by atoms with van der Waals surface area (Å²) in [6.45, 7) is 2.68. The maximum Gasteiger partial charge on any atom is 0.169 e. The van der Waals surface area contributed by atoms with Gasteiger partial charge in [-0.05, 0) is 5.56 Å². The van der Waals surface area contributed by atoms with Crippen molar-refractivity contribution in [3.05, 3.63) is 54.1 Å². The number of nitriles is 1. The zero-order valence-corrected chi connectivity index (χ0v) is 13.3. The van der Waals surface area contributed by atoms with Gasteiger partial charge in [0.15, 0.2) is 6.29 Å². The first-order chi connectivity index (χ1) is 11.3. The van der Waals surface area contributed by atoms with Crippen LogP contribution >= 0.6 is 0 Å². The van der Waals surface area contributed by atoms with Gasteiger partial charge in [0.2, 0.25) is 0 Å². The molecule has 0 amide bonds. The largest absolute Gasteiger partial charge is 0.399 e. The SMILES string of the molecule is CC#N.CON=C1C(c2ccccc2)=CC=CC1C1OCCO1. The smallest absolute Gasteiger partial charge is 0.169 e. The second-order valence-corrected chi connectivity index (χ2v) is 4.85. The Morgan fingerprint density at radius 3 is 2.48 bits per heavy atom. The number of benzene rings is 1. The number of hydrogen-bond acceptors (Lipinski definition) is 5. The summed E-state index contributed by atoms with van der Waals surface area (Å²) >= 11 is 0. The fourth-order valence-corrected chi connectivity index (χ4v) is 2.50. The minimum Gasteiger partial charge on any atom is -0.399 e. The van der Waals surface area contributed by atoms with Crippen molar-refractivity contribution in [1.82, 2.24) is 0 Å². The highest BCUT2D eigenvalue weighted by molar-refractivity contribution is 6.26. The van der Waals surface area contributed by atoms with E-state index in [1.54, 1.807) is 13.2 Å². The van der Waals surface area contributed by atoms with Gasteiger partial charge < -0.3 is 14.3 Å². The van der Waals surface area contributed by atoms with E-state index in [1.807, 2.05) is 36.4 Å². The van der Waals surface area contributed by atoms with E-state index in [0.29, 0.717) is 13.2 Å². The topological polar surface area (TPSA) is 63.8 Å². The van der Waals surface area contributed by atoms with E-state index in [0.717, 1.165) is 16.8 Å². The van der Waals surface area contributed by atoms with Crippen molar-refractivity contribution in [3.8, 4) is 6.07 Å². The molecule has 0 saturated carbocycles. The number of ether oxygens (including phenoxy) is 2. The van der Waals surface area contributed by atoms with Crippen LogP contribution in [0.2, 0.25) is 0 Å². The molecule has 0 N–H and O–H groups in total. The summed E-state index contributed by atoms with van der Waals surface area (Å²) in [4.78, 5) is 5.02. The summed E-state index contributed by atoms with van der Waals surface area (Å²) < 4.78 is 11.2. The van der Waals surface area contributed by atoms with Crippen LogP contribution in [0.25, 0.3) is 5.57 Å². The molecular weight excluding hydrogens is 292 g/mol. The molecule has 23 heavy (non-hydrogen) atoms. The lowest BCUT2D eigenvalue weighted by Crippen LogP contribution is -2.30. The van der Waals surface area contributed by atoms with Gasteiger partial charge in [-0.3, -0.25) is 0 Å². The van der Waals surface area contributed by atoms with Crippen LogP contribution in [0.15, 0.2) is 53.7 Å². The second kappa shape index (κ2) is 8.89. The molecule has 1 fully saturated rings. The number of oxime groups is 1. The lowest BCUT2D eigenvalue weighted by Gasteiger charge is -2.24. The summed E-state index contributed by atoms with van der Waals surface area (Å²) in [6.07, 6.45) is 5.82. The van der Waals surface area contributed by atoms with Gasteiger partial charge in [-0.1, -0.05) is 53.7 Å². The molecule has 0 spiro atoms. The molecule has 1 unspecified atom stereocenters. The van der Waals surface area contributed by atoms with E-state index in [4.69, 9.17) is 19.6 Å². The van der Waals surface area contributed by atoms with E-state index in [9.17, 15) is 0 Å². The summed E-state index contributed by atoms with van der Waals surface area (Å²) in [7, 11) is 1.56. The van der Waals surface area contributed by atoms with Crippen LogP contribution in [-0.2, 0) is 14.3 Å². The van der Waals surface area contributed by atoms with Gasteiger partial charge in [0, 0.05) is 12.5 Å². The van der Waals surface area contributed by atoms with Gasteiger partial charge in [-0.2, -0.15) is 5.26 Å². The average Bonchev–Trinajstić information content (AvgIpc) is 3.11. The zero-order valence-electron chi connectivity index (χ0n) is 13.3. The molecule has 2 aliphatic rings. The summed E-state index contributed by atoms with van der Waals surface area (Å²) in [5.41, 5.74) is 2.99. The molecule has 5 heteroatoms. The molecule has 1 saturated heterocycles. The normalized spacial score (nSPS) is 22.0. The third-order valence-electron chi connectivity index (χ3n) is 3.39. The maximum absolute atomic E-state index is 7.32. The summed E-state index contributed by atoms with van der Waals surface area (Å²) in [6, 6.07) is 11.9. The Morgan fingerprint density at radius 2 is 1.87 bits per heavy atom. The summed E-state index contributed by atoms with van der Waals surface area (Å²) in [5.74, 6) is -0.0438. The molecule has 1 heterocycles. The molecule has 120 valence electrons. The van der Waals surface area contributed by atoms with Crippen LogP contribution < -0.4 is 0 Å². The van der Waals surface area contributed by atoms with Gasteiger partial charge in [-0.25, -0.2) is 0 Å². The Bertz CT molecular complexity index is 623. The molecule has 1 aliphatic carbocycles. The van der Waals surface area contributed by atoms with E-state index in [2.05, 4.69) is 17.3 Å². The Balaban J connectivity index is 0.000000595. The van der Waals surface area contributed by atoms with Crippen LogP contribution in [0, 0.1) is 17.2 Å².